The summed E-state index contributed by atoms with van der Waals surface area (Å²) >= 11 is 2.84. The van der Waals surface area contributed by atoms with Crippen molar-refractivity contribution in [2.45, 2.75) is 18.1 Å². The number of thioether (sulfide) groups is 1. The average Bonchev–Trinajstić information content (AvgIpc) is 3.59. The fourth-order valence-corrected chi connectivity index (χ4v) is 5.38. The van der Waals surface area contributed by atoms with Crippen LogP contribution in [0.4, 0.5) is 0 Å². The first kappa shape index (κ1) is 22.5. The Bertz CT molecular complexity index is 1310. The van der Waals surface area contributed by atoms with E-state index in [1.807, 2.05) is 47.8 Å². The molecule has 0 unspecified atom stereocenters. The van der Waals surface area contributed by atoms with Crippen molar-refractivity contribution in [3.05, 3.63) is 47.8 Å². The molecule has 1 aliphatic heterocycles. The number of likely N-dealkylation sites (tertiary alicyclic amines) is 1. The van der Waals surface area contributed by atoms with E-state index >= 15 is 0 Å². The molecule has 1 fully saturated rings. The summed E-state index contributed by atoms with van der Waals surface area (Å²) in [5.41, 5.74) is 2.51. The maximum Gasteiger partial charge on any atom is 0.308 e. The van der Waals surface area contributed by atoms with Crippen molar-refractivity contribution in [2.24, 2.45) is 5.92 Å². The van der Waals surface area contributed by atoms with E-state index in [1.165, 1.54) is 18.9 Å². The van der Waals surface area contributed by atoms with Crippen LogP contribution in [0.15, 0.2) is 57.5 Å². The summed E-state index contributed by atoms with van der Waals surface area (Å²) in [6.07, 6.45) is 1.24. The Balaban J connectivity index is 1.29. The van der Waals surface area contributed by atoms with E-state index in [0.29, 0.717) is 37.0 Å². The molecule has 0 radical (unpaired) electrons. The Morgan fingerprint density at radius 2 is 2.00 bits per heavy atom. The van der Waals surface area contributed by atoms with Gasteiger partial charge in [-0.2, -0.15) is 0 Å². The van der Waals surface area contributed by atoms with Gasteiger partial charge in [-0.1, -0.05) is 36.0 Å². The van der Waals surface area contributed by atoms with E-state index < -0.39 is 0 Å². The Kier molecular flexibility index (Phi) is 6.59. The number of methoxy groups -OCH3 is 1. The van der Waals surface area contributed by atoms with Crippen molar-refractivity contribution in [3.63, 3.8) is 0 Å². The second kappa shape index (κ2) is 9.94. The second-order valence-corrected chi connectivity index (χ2v) is 9.76. The number of rotatable bonds is 6. The molecule has 1 aromatic carbocycles. The molecule has 5 rings (SSSR count). The zero-order valence-corrected chi connectivity index (χ0v) is 20.1. The zero-order valence-electron chi connectivity index (χ0n) is 18.5. The number of para-hydroxylation sites is 1. The molecule has 0 atom stereocenters. The number of aromatic nitrogens is 3. The van der Waals surface area contributed by atoms with Gasteiger partial charge in [0, 0.05) is 18.5 Å². The number of pyridine rings is 1. The van der Waals surface area contributed by atoms with Gasteiger partial charge in [-0.05, 0) is 36.4 Å². The molecule has 4 heterocycles. The average molecular weight is 495 g/mol. The Morgan fingerprint density at radius 3 is 2.76 bits per heavy atom. The second-order valence-electron chi connectivity index (χ2n) is 7.89. The Morgan fingerprint density at radius 1 is 1.18 bits per heavy atom. The standard InChI is InChI=1S/C24H22N4O4S2/c1-31-23(30)15-8-10-28(11-9-15)21(29)14-34-24-27-26-22(32-24)17-13-19(20-7-4-12-33-20)25-18-6-3-2-5-16(17)18/h2-7,12-13,15H,8-11,14H2,1H3. The van der Waals surface area contributed by atoms with Gasteiger partial charge >= 0.3 is 5.97 Å². The molecule has 0 saturated carbocycles. The third-order valence-electron chi connectivity index (χ3n) is 5.83. The lowest BCUT2D eigenvalue weighted by Crippen LogP contribution is -2.41. The van der Waals surface area contributed by atoms with Crippen molar-refractivity contribution in [2.75, 3.05) is 26.0 Å². The number of hydrogen-bond acceptors (Lipinski definition) is 9. The van der Waals surface area contributed by atoms with Crippen LogP contribution in [0.2, 0.25) is 0 Å². The van der Waals surface area contributed by atoms with Crippen molar-refractivity contribution < 1.29 is 18.7 Å². The van der Waals surface area contributed by atoms with Crippen molar-refractivity contribution in [3.8, 4) is 22.0 Å². The lowest BCUT2D eigenvalue weighted by molar-refractivity contribution is -0.148. The molecular formula is C24H22N4O4S2. The molecule has 3 aromatic heterocycles. The van der Waals surface area contributed by atoms with Crippen molar-refractivity contribution in [1.82, 2.24) is 20.1 Å². The first-order valence-electron chi connectivity index (χ1n) is 10.9. The van der Waals surface area contributed by atoms with Crippen LogP contribution >= 0.6 is 23.1 Å². The molecule has 0 spiro atoms. The summed E-state index contributed by atoms with van der Waals surface area (Å²) in [6, 6.07) is 13.8. The van der Waals surface area contributed by atoms with Crippen LogP contribution in [-0.2, 0) is 14.3 Å². The van der Waals surface area contributed by atoms with Crippen LogP contribution in [-0.4, -0.2) is 57.9 Å². The van der Waals surface area contributed by atoms with Crippen LogP contribution in [0.3, 0.4) is 0 Å². The summed E-state index contributed by atoms with van der Waals surface area (Å²) in [5, 5.41) is 11.7. The number of benzene rings is 1. The molecule has 34 heavy (non-hydrogen) atoms. The lowest BCUT2D eigenvalue weighted by atomic mass is 9.97. The fraction of sp³-hybridized carbons (Fsp3) is 0.292. The highest BCUT2D eigenvalue weighted by atomic mass is 32.2. The maximum absolute atomic E-state index is 12.6. The minimum absolute atomic E-state index is 0.0117. The molecule has 174 valence electrons. The highest BCUT2D eigenvalue weighted by Gasteiger charge is 2.28. The normalized spacial score (nSPS) is 14.4. The number of ether oxygens (including phenoxy) is 1. The Hall–Kier alpha value is -3.24. The van der Waals surface area contributed by atoms with E-state index in [1.54, 1.807) is 16.2 Å². The van der Waals surface area contributed by atoms with Crippen LogP contribution in [0.25, 0.3) is 32.9 Å². The highest BCUT2D eigenvalue weighted by Crippen LogP contribution is 2.34. The third-order valence-corrected chi connectivity index (χ3v) is 7.52. The number of nitrogens with zero attached hydrogens (tertiary/aromatic N) is 4. The predicted molar refractivity (Wildman–Crippen MR) is 130 cm³/mol. The fourth-order valence-electron chi connectivity index (χ4n) is 4.03. The summed E-state index contributed by atoms with van der Waals surface area (Å²) < 4.78 is 10.7. The molecule has 10 heteroatoms. The monoisotopic (exact) mass is 494 g/mol. The maximum atomic E-state index is 12.6. The van der Waals surface area contributed by atoms with Gasteiger partial charge in [-0.25, -0.2) is 4.98 Å². The number of esters is 1. The number of hydrogen-bond donors (Lipinski definition) is 0. The summed E-state index contributed by atoms with van der Waals surface area (Å²) in [7, 11) is 1.40. The van der Waals surface area contributed by atoms with Crippen molar-refractivity contribution >= 4 is 45.9 Å². The van der Waals surface area contributed by atoms with E-state index in [9.17, 15) is 9.59 Å². The van der Waals surface area contributed by atoms with Gasteiger partial charge in [-0.15, -0.1) is 21.5 Å². The van der Waals surface area contributed by atoms with E-state index in [0.717, 1.165) is 27.0 Å². The molecule has 0 N–H and O–H groups in total. The van der Waals surface area contributed by atoms with Crippen LogP contribution < -0.4 is 0 Å². The van der Waals surface area contributed by atoms with Gasteiger partial charge in [0.1, 0.15) is 0 Å². The molecule has 8 nitrogen and oxygen atoms in total. The minimum Gasteiger partial charge on any atom is -0.469 e. The van der Waals surface area contributed by atoms with E-state index in [-0.39, 0.29) is 23.5 Å². The van der Waals surface area contributed by atoms with Crippen LogP contribution in [0, 0.1) is 5.92 Å². The molecule has 0 bridgehead atoms. The van der Waals surface area contributed by atoms with Gasteiger partial charge in [0.25, 0.3) is 5.22 Å². The molecule has 1 amide bonds. The van der Waals surface area contributed by atoms with Crippen LogP contribution in [0.5, 0.6) is 0 Å². The topological polar surface area (TPSA) is 98.4 Å². The smallest absolute Gasteiger partial charge is 0.308 e. The SMILES string of the molecule is COC(=O)C1CCN(C(=O)CSc2nnc(-c3cc(-c4cccs4)nc4ccccc34)o2)CC1. The molecular weight excluding hydrogens is 472 g/mol. The third kappa shape index (κ3) is 4.69. The summed E-state index contributed by atoms with van der Waals surface area (Å²) in [5.74, 6) is 0.245. The molecule has 0 aliphatic carbocycles. The van der Waals surface area contributed by atoms with Crippen molar-refractivity contribution in [1.29, 1.82) is 0 Å². The first-order chi connectivity index (χ1) is 16.6. The van der Waals surface area contributed by atoms with Gasteiger partial charge < -0.3 is 14.1 Å². The highest BCUT2D eigenvalue weighted by molar-refractivity contribution is 7.99. The van der Waals surface area contributed by atoms with Crippen LogP contribution in [0.1, 0.15) is 12.8 Å². The zero-order chi connectivity index (χ0) is 23.5. The Labute approximate surface area is 204 Å². The molecule has 4 aromatic rings. The first-order valence-corrected chi connectivity index (χ1v) is 12.7. The molecule has 1 saturated heterocycles. The number of thiophene rings is 1. The number of carbonyl (C=O) groups excluding carboxylic acids is 2. The molecule has 1 aliphatic rings. The number of piperidine rings is 1. The number of carbonyl (C=O) groups is 2. The quantitative estimate of drug-likeness (QED) is 0.285. The minimum atomic E-state index is -0.203. The predicted octanol–water partition coefficient (Wildman–Crippen LogP) is 4.52. The number of fused-ring (bicyclic) bond motifs is 1. The lowest BCUT2D eigenvalue weighted by Gasteiger charge is -2.30. The summed E-state index contributed by atoms with van der Waals surface area (Å²) in [6.45, 7) is 1.09. The van der Waals surface area contributed by atoms with Gasteiger partial charge in [0.2, 0.25) is 11.8 Å². The van der Waals surface area contributed by atoms with E-state index in [2.05, 4.69) is 10.2 Å². The largest absolute Gasteiger partial charge is 0.469 e. The van der Waals surface area contributed by atoms with Gasteiger partial charge in [0.15, 0.2) is 0 Å². The van der Waals surface area contributed by atoms with Gasteiger partial charge in [-0.3, -0.25) is 9.59 Å². The number of amides is 1. The summed E-state index contributed by atoms with van der Waals surface area (Å²) in [4.78, 5) is 31.9. The van der Waals surface area contributed by atoms with Gasteiger partial charge in [0.05, 0.1) is 40.4 Å². The van der Waals surface area contributed by atoms with E-state index in [4.69, 9.17) is 14.1 Å².